The highest BCUT2D eigenvalue weighted by Gasteiger charge is 2.23. The topological polar surface area (TPSA) is 52.8 Å². The summed E-state index contributed by atoms with van der Waals surface area (Å²) >= 11 is 6.15. The smallest absolute Gasteiger partial charge is 0.143 e. The first kappa shape index (κ1) is 19.5. The summed E-state index contributed by atoms with van der Waals surface area (Å²) in [5.41, 5.74) is 7.89. The first-order valence-electron chi connectivity index (χ1n) is 9.76. The van der Waals surface area contributed by atoms with Gasteiger partial charge in [-0.2, -0.15) is 0 Å². The molecule has 144 valence electrons. The molecule has 5 nitrogen and oxygen atoms in total. The number of nitrogen functional groups attached to an aromatic ring is 1. The molecular weight excluding hydrogens is 348 g/mol. The van der Waals surface area contributed by atoms with Gasteiger partial charge in [0.25, 0.3) is 0 Å². The van der Waals surface area contributed by atoms with Gasteiger partial charge in [0.15, 0.2) is 0 Å². The number of hydrogen-bond acceptors (Lipinski definition) is 5. The van der Waals surface area contributed by atoms with Crippen LogP contribution in [0.15, 0.2) is 18.2 Å². The van der Waals surface area contributed by atoms with Gasteiger partial charge in [0.2, 0.25) is 0 Å². The van der Waals surface area contributed by atoms with Gasteiger partial charge in [-0.15, -0.1) is 0 Å². The molecule has 2 fully saturated rings. The number of ketones is 1. The van der Waals surface area contributed by atoms with Gasteiger partial charge in [-0.05, 0) is 63.9 Å². The summed E-state index contributed by atoms with van der Waals surface area (Å²) in [6.07, 6.45) is 3.73. The number of piperidine rings is 1. The Bertz CT molecular complexity index is 608. The highest BCUT2D eigenvalue weighted by atomic mass is 35.5. The molecule has 0 aliphatic carbocycles. The van der Waals surface area contributed by atoms with Crippen LogP contribution in [0.5, 0.6) is 0 Å². The Balaban J connectivity index is 1.38. The number of nitrogens with zero attached hydrogens (tertiary/aromatic N) is 3. The molecular formula is C20H31ClN4O. The zero-order valence-electron chi connectivity index (χ0n) is 15.8. The van der Waals surface area contributed by atoms with Crippen molar-refractivity contribution < 1.29 is 4.79 Å². The molecule has 3 rings (SSSR count). The number of nitrogens with two attached hydrogens (primary N) is 1. The van der Waals surface area contributed by atoms with Gasteiger partial charge in [0.05, 0.1) is 22.9 Å². The van der Waals surface area contributed by atoms with Crippen LogP contribution in [0.1, 0.15) is 26.2 Å². The first-order chi connectivity index (χ1) is 12.5. The molecule has 0 amide bonds. The van der Waals surface area contributed by atoms with Crippen LogP contribution in [0.4, 0.5) is 11.4 Å². The van der Waals surface area contributed by atoms with Crippen molar-refractivity contribution in [2.45, 2.75) is 26.2 Å². The largest absolute Gasteiger partial charge is 0.396 e. The second-order valence-corrected chi connectivity index (χ2v) is 8.12. The standard InChI is InChI=1S/C20H31ClN4O/c1-16(26)15-24-9-6-17(7-10-24)5-8-23-11-13-25(14-12-23)19-4-2-3-18(21)20(19)22/h2-4,17H,5-15,22H2,1H3. The third kappa shape index (κ3) is 5.12. The van der Waals surface area contributed by atoms with Gasteiger partial charge < -0.3 is 10.6 Å². The van der Waals surface area contributed by atoms with Gasteiger partial charge in [-0.1, -0.05) is 17.7 Å². The molecule has 2 N–H and O–H groups in total. The Hall–Kier alpha value is -1.30. The number of piperazine rings is 1. The molecule has 1 aromatic rings. The number of carbonyl (C=O) groups excluding carboxylic acids is 1. The third-order valence-electron chi connectivity index (χ3n) is 5.75. The van der Waals surface area contributed by atoms with E-state index in [1.54, 1.807) is 6.92 Å². The monoisotopic (exact) mass is 378 g/mol. The van der Waals surface area contributed by atoms with Crippen LogP contribution in [0, 0.1) is 5.92 Å². The van der Waals surface area contributed by atoms with Crippen molar-refractivity contribution in [3.63, 3.8) is 0 Å². The summed E-state index contributed by atoms with van der Waals surface area (Å²) in [4.78, 5) is 18.4. The Labute approximate surface area is 162 Å². The van der Waals surface area contributed by atoms with E-state index < -0.39 is 0 Å². The number of likely N-dealkylation sites (tertiary alicyclic amines) is 1. The van der Waals surface area contributed by atoms with E-state index >= 15 is 0 Å². The molecule has 0 atom stereocenters. The van der Waals surface area contributed by atoms with Crippen LogP contribution in [0.25, 0.3) is 0 Å². The lowest BCUT2D eigenvalue weighted by atomic mass is 9.93. The highest BCUT2D eigenvalue weighted by Crippen LogP contribution is 2.30. The molecule has 0 unspecified atom stereocenters. The van der Waals surface area contributed by atoms with Crippen LogP contribution in [0.3, 0.4) is 0 Å². The minimum absolute atomic E-state index is 0.279. The van der Waals surface area contributed by atoms with Crippen molar-refractivity contribution in [2.24, 2.45) is 5.92 Å². The number of halogens is 1. The van der Waals surface area contributed by atoms with E-state index in [4.69, 9.17) is 17.3 Å². The molecule has 2 aliphatic rings. The van der Waals surface area contributed by atoms with E-state index in [1.165, 1.54) is 25.8 Å². The number of anilines is 2. The summed E-state index contributed by atoms with van der Waals surface area (Å²) in [5.74, 6) is 1.08. The van der Waals surface area contributed by atoms with E-state index in [2.05, 4.69) is 20.8 Å². The summed E-state index contributed by atoms with van der Waals surface area (Å²) in [6.45, 7) is 9.80. The Morgan fingerprint density at radius 1 is 1.12 bits per heavy atom. The summed E-state index contributed by atoms with van der Waals surface area (Å²) in [7, 11) is 0. The molecule has 2 saturated heterocycles. The summed E-state index contributed by atoms with van der Waals surface area (Å²) in [5, 5.41) is 0.640. The number of benzene rings is 1. The predicted molar refractivity (Wildman–Crippen MR) is 109 cm³/mol. The van der Waals surface area contributed by atoms with Crippen molar-refractivity contribution >= 4 is 28.8 Å². The molecule has 6 heteroatoms. The molecule has 2 aliphatic heterocycles. The zero-order chi connectivity index (χ0) is 18.5. The average molecular weight is 379 g/mol. The van der Waals surface area contributed by atoms with Crippen LogP contribution < -0.4 is 10.6 Å². The Morgan fingerprint density at radius 3 is 2.46 bits per heavy atom. The van der Waals surface area contributed by atoms with Gasteiger partial charge in [0.1, 0.15) is 5.78 Å². The van der Waals surface area contributed by atoms with E-state index in [1.807, 2.05) is 12.1 Å². The average Bonchev–Trinajstić information content (AvgIpc) is 2.63. The number of carbonyl (C=O) groups is 1. The second kappa shape index (κ2) is 9.07. The molecule has 0 saturated carbocycles. The molecule has 26 heavy (non-hydrogen) atoms. The fraction of sp³-hybridized carbons (Fsp3) is 0.650. The summed E-state index contributed by atoms with van der Waals surface area (Å²) in [6, 6.07) is 5.88. The van der Waals surface area contributed by atoms with Crippen molar-refractivity contribution in [1.82, 2.24) is 9.80 Å². The van der Waals surface area contributed by atoms with Crippen molar-refractivity contribution in [2.75, 3.05) is 63.0 Å². The second-order valence-electron chi connectivity index (χ2n) is 7.71. The molecule has 0 radical (unpaired) electrons. The van der Waals surface area contributed by atoms with Crippen LogP contribution in [-0.2, 0) is 4.79 Å². The minimum atomic E-state index is 0.279. The molecule has 0 bridgehead atoms. The SMILES string of the molecule is CC(=O)CN1CCC(CCN2CCN(c3cccc(Cl)c3N)CC2)CC1. The zero-order valence-corrected chi connectivity index (χ0v) is 16.5. The van der Waals surface area contributed by atoms with Gasteiger partial charge in [0, 0.05) is 26.2 Å². The van der Waals surface area contributed by atoms with Crippen molar-refractivity contribution in [3.8, 4) is 0 Å². The van der Waals surface area contributed by atoms with Gasteiger partial charge in [-0.25, -0.2) is 0 Å². The third-order valence-corrected chi connectivity index (χ3v) is 6.08. The lowest BCUT2D eigenvalue weighted by Gasteiger charge is -2.38. The van der Waals surface area contributed by atoms with Gasteiger partial charge >= 0.3 is 0 Å². The van der Waals surface area contributed by atoms with Crippen molar-refractivity contribution in [3.05, 3.63) is 23.2 Å². The normalized spacial score (nSPS) is 20.5. The fourth-order valence-electron chi connectivity index (χ4n) is 4.13. The highest BCUT2D eigenvalue weighted by molar-refractivity contribution is 6.33. The van der Waals surface area contributed by atoms with Crippen LogP contribution in [0.2, 0.25) is 5.02 Å². The maximum Gasteiger partial charge on any atom is 0.143 e. The first-order valence-corrected chi connectivity index (χ1v) is 10.1. The van der Waals surface area contributed by atoms with E-state index in [0.29, 0.717) is 17.3 Å². The number of rotatable bonds is 6. The van der Waals surface area contributed by atoms with E-state index in [9.17, 15) is 4.79 Å². The Kier molecular flexibility index (Phi) is 6.79. The Morgan fingerprint density at radius 2 is 1.81 bits per heavy atom. The van der Waals surface area contributed by atoms with E-state index in [0.717, 1.165) is 50.9 Å². The number of hydrogen-bond donors (Lipinski definition) is 1. The maximum atomic E-state index is 11.2. The number of Topliss-reactive ketones (excluding diaryl/α,β-unsaturated/α-hetero) is 1. The van der Waals surface area contributed by atoms with E-state index in [-0.39, 0.29) is 5.78 Å². The molecule has 1 aromatic carbocycles. The van der Waals surface area contributed by atoms with Crippen molar-refractivity contribution in [1.29, 1.82) is 0 Å². The maximum absolute atomic E-state index is 11.2. The summed E-state index contributed by atoms with van der Waals surface area (Å²) < 4.78 is 0. The lowest BCUT2D eigenvalue weighted by Crippen LogP contribution is -2.47. The van der Waals surface area contributed by atoms with Crippen LogP contribution >= 0.6 is 11.6 Å². The lowest BCUT2D eigenvalue weighted by molar-refractivity contribution is -0.118. The minimum Gasteiger partial charge on any atom is -0.396 e. The molecule has 0 aromatic heterocycles. The quantitative estimate of drug-likeness (QED) is 0.771. The molecule has 2 heterocycles. The fourth-order valence-corrected chi connectivity index (χ4v) is 4.30. The number of para-hydroxylation sites is 1. The van der Waals surface area contributed by atoms with Crippen LogP contribution in [-0.4, -0.2) is 67.9 Å². The van der Waals surface area contributed by atoms with Gasteiger partial charge in [-0.3, -0.25) is 14.6 Å². The predicted octanol–water partition coefficient (Wildman–Crippen LogP) is 2.74. The molecule has 0 spiro atoms.